The normalized spacial score (nSPS) is 25.4. The Morgan fingerprint density at radius 2 is 2.04 bits per heavy atom. The average molecular weight is 405 g/mol. The van der Waals surface area contributed by atoms with Crippen LogP contribution in [-0.2, 0) is 16.6 Å². The summed E-state index contributed by atoms with van der Waals surface area (Å²) in [5, 5.41) is 1.35. The van der Waals surface area contributed by atoms with Gasteiger partial charge in [-0.05, 0) is 43.0 Å². The quantitative estimate of drug-likeness (QED) is 0.746. The molecule has 0 radical (unpaired) electrons. The molecular weight excluding hydrogens is 372 g/mol. The molecule has 7 heteroatoms. The first-order valence-corrected chi connectivity index (χ1v) is 12.0. The van der Waals surface area contributed by atoms with Crippen molar-refractivity contribution in [1.29, 1.82) is 0 Å². The van der Waals surface area contributed by atoms with Crippen LogP contribution in [0.4, 0.5) is 0 Å². The van der Waals surface area contributed by atoms with E-state index in [4.69, 9.17) is 0 Å². The number of H-pyrrole nitrogens is 1. The summed E-state index contributed by atoms with van der Waals surface area (Å²) in [5.41, 5.74) is 3.96. The van der Waals surface area contributed by atoms with Gasteiger partial charge in [-0.25, -0.2) is 0 Å². The van der Waals surface area contributed by atoms with Crippen LogP contribution in [0, 0.1) is 0 Å². The first-order chi connectivity index (χ1) is 13.5. The molecule has 1 aliphatic heterocycles. The summed E-state index contributed by atoms with van der Waals surface area (Å²) in [6.07, 6.45) is 5.12. The van der Waals surface area contributed by atoms with Gasteiger partial charge in [-0.3, -0.25) is 4.90 Å². The Hall–Kier alpha value is -1.41. The molecule has 6 nitrogen and oxygen atoms in total. The number of nitrogens with one attached hydrogen (secondary N) is 2. The van der Waals surface area contributed by atoms with Gasteiger partial charge in [0.25, 0.3) is 10.2 Å². The minimum atomic E-state index is -3.45. The second kappa shape index (κ2) is 7.78. The fourth-order valence-electron chi connectivity index (χ4n) is 5.28. The van der Waals surface area contributed by atoms with Gasteiger partial charge in [-0.2, -0.15) is 17.4 Å². The van der Waals surface area contributed by atoms with Crippen LogP contribution in [0.25, 0.3) is 10.9 Å². The van der Waals surface area contributed by atoms with Crippen LogP contribution in [0.3, 0.4) is 0 Å². The molecule has 0 spiro atoms. The van der Waals surface area contributed by atoms with E-state index in [9.17, 15) is 8.42 Å². The van der Waals surface area contributed by atoms with Crippen molar-refractivity contribution in [3.05, 3.63) is 35.5 Å². The summed E-state index contributed by atoms with van der Waals surface area (Å²) < 4.78 is 30.2. The zero-order valence-corrected chi connectivity index (χ0v) is 17.9. The molecule has 0 amide bonds. The summed E-state index contributed by atoms with van der Waals surface area (Å²) in [4.78, 5) is 5.93. The molecule has 1 unspecified atom stereocenters. The predicted octanol–water partition coefficient (Wildman–Crippen LogP) is 2.84. The van der Waals surface area contributed by atoms with E-state index in [0.717, 1.165) is 32.4 Å². The largest absolute Gasteiger partial charge is 0.361 e. The molecule has 1 aromatic heterocycles. The van der Waals surface area contributed by atoms with Crippen LogP contribution in [0.1, 0.15) is 50.7 Å². The summed E-state index contributed by atoms with van der Waals surface area (Å²) in [7, 11) is -3.45. The Bertz CT molecular complexity index is 935. The van der Waals surface area contributed by atoms with Crippen molar-refractivity contribution in [3.8, 4) is 0 Å². The van der Waals surface area contributed by atoms with E-state index in [1.54, 1.807) is 0 Å². The van der Waals surface area contributed by atoms with Crippen molar-refractivity contribution in [2.24, 2.45) is 0 Å². The number of aromatic nitrogens is 1. The topological polar surface area (TPSA) is 68.4 Å². The van der Waals surface area contributed by atoms with E-state index in [2.05, 4.69) is 45.9 Å². The zero-order valence-electron chi connectivity index (χ0n) is 17.1. The highest BCUT2D eigenvalue weighted by Gasteiger charge is 2.41. The fourth-order valence-corrected chi connectivity index (χ4v) is 6.70. The molecule has 28 heavy (non-hydrogen) atoms. The predicted molar refractivity (Wildman–Crippen MR) is 114 cm³/mol. The van der Waals surface area contributed by atoms with Crippen molar-refractivity contribution in [1.82, 2.24) is 18.9 Å². The first kappa shape index (κ1) is 19.9. The van der Waals surface area contributed by atoms with Gasteiger partial charge in [0.1, 0.15) is 0 Å². The van der Waals surface area contributed by atoms with Crippen molar-refractivity contribution in [2.75, 3.05) is 26.2 Å². The molecule has 1 aromatic carbocycles. The van der Waals surface area contributed by atoms with Crippen molar-refractivity contribution >= 4 is 21.1 Å². The Labute approximate surface area is 168 Å². The van der Waals surface area contributed by atoms with E-state index in [1.165, 1.54) is 26.3 Å². The third-order valence-electron chi connectivity index (χ3n) is 6.45. The van der Waals surface area contributed by atoms with Gasteiger partial charge in [-0.1, -0.05) is 32.9 Å². The van der Waals surface area contributed by atoms with Gasteiger partial charge >= 0.3 is 0 Å². The van der Waals surface area contributed by atoms with E-state index < -0.39 is 10.2 Å². The van der Waals surface area contributed by atoms with Gasteiger partial charge in [0.2, 0.25) is 0 Å². The minimum absolute atomic E-state index is 0.0610. The Kier molecular flexibility index (Phi) is 5.53. The minimum Gasteiger partial charge on any atom is -0.361 e. The highest BCUT2D eigenvalue weighted by atomic mass is 32.2. The molecule has 3 atom stereocenters. The molecule has 1 fully saturated rings. The van der Waals surface area contributed by atoms with Gasteiger partial charge in [-0.15, -0.1) is 0 Å². The average Bonchev–Trinajstić information content (AvgIpc) is 3.08. The number of hydrogen-bond donors (Lipinski definition) is 2. The molecular formula is C21H32N4O2S. The number of rotatable bonds is 7. The summed E-state index contributed by atoms with van der Waals surface area (Å²) in [6, 6.07) is 6.88. The lowest BCUT2D eigenvalue weighted by molar-refractivity contribution is 0.105. The maximum Gasteiger partial charge on any atom is 0.279 e. The molecule has 4 rings (SSSR count). The van der Waals surface area contributed by atoms with Crippen LogP contribution >= 0.6 is 0 Å². The molecule has 0 bridgehead atoms. The van der Waals surface area contributed by atoms with Crippen molar-refractivity contribution in [2.45, 2.75) is 58.0 Å². The molecule has 2 aromatic rings. The number of hydrogen-bond acceptors (Lipinski definition) is 3. The van der Waals surface area contributed by atoms with Gasteiger partial charge in [0.15, 0.2) is 0 Å². The molecule has 0 saturated carbocycles. The molecule has 154 valence electrons. The number of piperidine rings is 1. The summed E-state index contributed by atoms with van der Waals surface area (Å²) >= 11 is 0. The number of likely N-dealkylation sites (tertiary alicyclic amines) is 1. The molecule has 2 aliphatic rings. The van der Waals surface area contributed by atoms with E-state index in [-0.39, 0.29) is 6.04 Å². The third-order valence-corrected chi connectivity index (χ3v) is 8.27. The SMILES string of the molecule is CCCN1C[C@@H](NS(=O)(=O)N(CC)CC)CC2c3cccc4[nH]cc(c34)C[C@H]21. The third kappa shape index (κ3) is 3.38. The number of nitrogens with zero attached hydrogens (tertiary/aromatic N) is 2. The lowest BCUT2D eigenvalue weighted by Crippen LogP contribution is -2.57. The van der Waals surface area contributed by atoms with E-state index >= 15 is 0 Å². The molecule has 2 heterocycles. The first-order valence-electron chi connectivity index (χ1n) is 10.6. The number of fused-ring (bicyclic) bond motifs is 2. The highest BCUT2D eigenvalue weighted by Crippen LogP contribution is 2.43. The maximum atomic E-state index is 12.8. The second-order valence-corrected chi connectivity index (χ2v) is 9.80. The molecule has 1 saturated heterocycles. The highest BCUT2D eigenvalue weighted by molar-refractivity contribution is 7.87. The fraction of sp³-hybridized carbons (Fsp3) is 0.619. The van der Waals surface area contributed by atoms with Gasteiger partial charge < -0.3 is 4.98 Å². The molecule has 1 aliphatic carbocycles. The van der Waals surface area contributed by atoms with Crippen molar-refractivity contribution < 1.29 is 8.42 Å². The summed E-state index contributed by atoms with van der Waals surface area (Å²) in [6.45, 7) is 8.75. The monoisotopic (exact) mass is 404 g/mol. The van der Waals surface area contributed by atoms with E-state index in [0.29, 0.717) is 25.0 Å². The van der Waals surface area contributed by atoms with Crippen LogP contribution in [-0.4, -0.2) is 60.9 Å². The van der Waals surface area contributed by atoms with Crippen LogP contribution < -0.4 is 4.72 Å². The Balaban J connectivity index is 1.66. The lowest BCUT2D eigenvalue weighted by Gasteiger charge is -2.47. The maximum absolute atomic E-state index is 12.8. The zero-order chi connectivity index (χ0) is 19.9. The Morgan fingerprint density at radius 3 is 2.75 bits per heavy atom. The second-order valence-electron chi connectivity index (χ2n) is 8.10. The van der Waals surface area contributed by atoms with E-state index in [1.807, 2.05) is 13.8 Å². The number of aromatic amines is 1. The molecule has 2 N–H and O–H groups in total. The van der Waals surface area contributed by atoms with Gasteiger partial charge in [0, 0.05) is 54.7 Å². The van der Waals surface area contributed by atoms with Gasteiger partial charge in [0.05, 0.1) is 0 Å². The standard InChI is InChI=1S/C21H32N4O2S/c1-4-10-24-14-16(23-28(26,27)25(5-2)6-3)12-18-17-8-7-9-19-21(17)15(13-22-19)11-20(18)24/h7-9,13,16,18,20,22-23H,4-6,10-12,14H2,1-3H3/t16-,18?,20+/m0/s1. The lowest BCUT2D eigenvalue weighted by atomic mass is 9.74. The Morgan fingerprint density at radius 1 is 1.25 bits per heavy atom. The number of benzene rings is 1. The summed E-state index contributed by atoms with van der Waals surface area (Å²) in [5.74, 6) is 0.358. The smallest absolute Gasteiger partial charge is 0.279 e. The van der Waals surface area contributed by atoms with Crippen LogP contribution in [0.5, 0.6) is 0 Å². The van der Waals surface area contributed by atoms with Crippen LogP contribution in [0.2, 0.25) is 0 Å². The van der Waals surface area contributed by atoms with Crippen molar-refractivity contribution in [3.63, 3.8) is 0 Å². The van der Waals surface area contributed by atoms with Crippen LogP contribution in [0.15, 0.2) is 24.4 Å².